The van der Waals surface area contributed by atoms with Gasteiger partial charge in [-0.3, -0.25) is 9.38 Å². The van der Waals surface area contributed by atoms with Crippen LogP contribution < -0.4 is 10.6 Å². The minimum atomic E-state index is -1.02. The first-order valence-electron chi connectivity index (χ1n) is 9.37. The van der Waals surface area contributed by atoms with Gasteiger partial charge in [-0.05, 0) is 39.4 Å². The van der Waals surface area contributed by atoms with Crippen molar-refractivity contribution >= 4 is 11.5 Å². The zero-order valence-electron chi connectivity index (χ0n) is 16.4. The van der Waals surface area contributed by atoms with Gasteiger partial charge in [-0.25, -0.2) is 9.97 Å². The summed E-state index contributed by atoms with van der Waals surface area (Å²) >= 11 is 0. The number of nitrogens with one attached hydrogen (secondary N) is 2. The largest absolute Gasteiger partial charge is 0.384 e. The standard InChI is InChI=1S/C20H28N6O/c1-5-7-14(10-21-4)24-18-9-6-8-15(25-18)16-11-23-19-12-22-17(13-26(16)19)20(2,3)27/h6,8-9,11-14,21,27H,5,7,10H2,1-4H3,(H,24,25). The first kappa shape index (κ1) is 19.3. The number of likely N-dealkylation sites (N-methyl/N-ethyl adjacent to an activating group) is 1. The van der Waals surface area contributed by atoms with Crippen LogP contribution in [0.15, 0.2) is 36.8 Å². The highest BCUT2D eigenvalue weighted by atomic mass is 16.3. The van der Waals surface area contributed by atoms with E-state index >= 15 is 0 Å². The molecule has 3 aromatic rings. The van der Waals surface area contributed by atoms with Crippen molar-refractivity contribution in [2.24, 2.45) is 0 Å². The third kappa shape index (κ3) is 4.43. The van der Waals surface area contributed by atoms with E-state index in [1.165, 1.54) is 0 Å². The van der Waals surface area contributed by atoms with Gasteiger partial charge in [-0.15, -0.1) is 0 Å². The third-order valence-electron chi connectivity index (χ3n) is 4.47. The summed E-state index contributed by atoms with van der Waals surface area (Å²) in [6.45, 7) is 6.50. The number of fused-ring (bicyclic) bond motifs is 1. The molecule has 3 rings (SSSR count). The van der Waals surface area contributed by atoms with Crippen molar-refractivity contribution in [1.29, 1.82) is 0 Å². The molecule has 3 heterocycles. The van der Waals surface area contributed by atoms with Crippen LogP contribution in [-0.2, 0) is 5.60 Å². The van der Waals surface area contributed by atoms with Crippen LogP contribution in [0.3, 0.4) is 0 Å². The zero-order valence-corrected chi connectivity index (χ0v) is 16.4. The molecule has 7 heteroatoms. The third-order valence-corrected chi connectivity index (χ3v) is 4.47. The van der Waals surface area contributed by atoms with Crippen molar-refractivity contribution in [2.75, 3.05) is 18.9 Å². The smallest absolute Gasteiger partial charge is 0.155 e. The van der Waals surface area contributed by atoms with Crippen LogP contribution in [0.1, 0.15) is 39.3 Å². The number of hydrogen-bond acceptors (Lipinski definition) is 6. The van der Waals surface area contributed by atoms with Gasteiger partial charge >= 0.3 is 0 Å². The van der Waals surface area contributed by atoms with E-state index in [9.17, 15) is 5.11 Å². The number of aliphatic hydroxyl groups is 1. The highest BCUT2D eigenvalue weighted by molar-refractivity contribution is 5.61. The fourth-order valence-corrected chi connectivity index (χ4v) is 3.08. The van der Waals surface area contributed by atoms with Crippen LogP contribution in [0.4, 0.5) is 5.82 Å². The van der Waals surface area contributed by atoms with E-state index in [0.717, 1.165) is 42.2 Å². The number of hydrogen-bond donors (Lipinski definition) is 3. The maximum Gasteiger partial charge on any atom is 0.155 e. The van der Waals surface area contributed by atoms with E-state index in [4.69, 9.17) is 4.98 Å². The maximum atomic E-state index is 10.3. The van der Waals surface area contributed by atoms with Crippen molar-refractivity contribution in [2.45, 2.75) is 45.3 Å². The maximum absolute atomic E-state index is 10.3. The predicted molar refractivity (Wildman–Crippen MR) is 108 cm³/mol. The highest BCUT2D eigenvalue weighted by Gasteiger charge is 2.19. The second-order valence-corrected chi connectivity index (χ2v) is 7.30. The summed E-state index contributed by atoms with van der Waals surface area (Å²) in [5.74, 6) is 0.841. The molecular formula is C20H28N6O. The Balaban J connectivity index is 1.95. The van der Waals surface area contributed by atoms with Gasteiger partial charge in [0.2, 0.25) is 0 Å². The molecule has 0 saturated heterocycles. The van der Waals surface area contributed by atoms with E-state index in [1.807, 2.05) is 35.8 Å². The van der Waals surface area contributed by atoms with E-state index < -0.39 is 5.60 Å². The fourth-order valence-electron chi connectivity index (χ4n) is 3.08. The molecule has 0 aromatic carbocycles. The second kappa shape index (κ2) is 8.02. The monoisotopic (exact) mass is 368 g/mol. The van der Waals surface area contributed by atoms with Gasteiger partial charge in [0.15, 0.2) is 5.65 Å². The average molecular weight is 368 g/mol. The molecule has 0 fully saturated rings. The highest BCUT2D eigenvalue weighted by Crippen LogP contribution is 2.23. The van der Waals surface area contributed by atoms with Crippen LogP contribution in [0.2, 0.25) is 0 Å². The summed E-state index contributed by atoms with van der Waals surface area (Å²) < 4.78 is 1.92. The summed E-state index contributed by atoms with van der Waals surface area (Å²) in [5, 5.41) is 17.0. The average Bonchev–Trinajstić information content (AvgIpc) is 3.05. The summed E-state index contributed by atoms with van der Waals surface area (Å²) in [6.07, 6.45) is 7.46. The quantitative estimate of drug-likeness (QED) is 0.567. The molecule has 0 saturated carbocycles. The van der Waals surface area contributed by atoms with E-state index in [-0.39, 0.29) is 0 Å². The molecule has 1 unspecified atom stereocenters. The lowest BCUT2D eigenvalue weighted by atomic mass is 10.1. The van der Waals surface area contributed by atoms with Crippen LogP contribution >= 0.6 is 0 Å². The Kier molecular flexibility index (Phi) is 5.72. The first-order valence-corrected chi connectivity index (χ1v) is 9.37. The lowest BCUT2D eigenvalue weighted by molar-refractivity contribution is 0.0734. The van der Waals surface area contributed by atoms with Gasteiger partial charge in [-0.1, -0.05) is 19.4 Å². The zero-order chi connectivity index (χ0) is 19.4. The summed E-state index contributed by atoms with van der Waals surface area (Å²) in [7, 11) is 1.96. The van der Waals surface area contributed by atoms with Gasteiger partial charge in [-0.2, -0.15) is 0 Å². The Morgan fingerprint density at radius 2 is 2.04 bits per heavy atom. The number of pyridine rings is 1. The SMILES string of the molecule is CCCC(CNC)Nc1cccc(-c2cnc3cnc(C(C)(C)O)cn23)n1. The number of rotatable bonds is 8. The van der Waals surface area contributed by atoms with Crippen molar-refractivity contribution in [3.05, 3.63) is 42.5 Å². The normalized spacial score (nSPS) is 13.1. The van der Waals surface area contributed by atoms with Crippen LogP contribution in [0.25, 0.3) is 17.0 Å². The van der Waals surface area contributed by atoms with Gasteiger partial charge in [0.1, 0.15) is 11.4 Å². The Labute approximate surface area is 159 Å². The molecule has 0 amide bonds. The van der Waals surface area contributed by atoms with Crippen molar-refractivity contribution < 1.29 is 5.11 Å². The minimum Gasteiger partial charge on any atom is -0.384 e. The van der Waals surface area contributed by atoms with Crippen LogP contribution in [0, 0.1) is 0 Å². The van der Waals surface area contributed by atoms with Crippen molar-refractivity contribution in [3.63, 3.8) is 0 Å². The second-order valence-electron chi connectivity index (χ2n) is 7.30. The topological polar surface area (TPSA) is 87.4 Å². The van der Waals surface area contributed by atoms with Crippen LogP contribution in [-0.4, -0.2) is 44.1 Å². The molecule has 0 radical (unpaired) electrons. The molecule has 0 aliphatic carbocycles. The van der Waals surface area contributed by atoms with Crippen molar-refractivity contribution in [1.82, 2.24) is 24.7 Å². The number of aromatic nitrogens is 4. The number of anilines is 1. The first-order chi connectivity index (χ1) is 12.9. The summed E-state index contributed by atoms with van der Waals surface area (Å²) in [4.78, 5) is 13.5. The lowest BCUT2D eigenvalue weighted by Gasteiger charge is -2.19. The Morgan fingerprint density at radius 1 is 1.22 bits per heavy atom. The predicted octanol–water partition coefficient (Wildman–Crippen LogP) is 2.82. The minimum absolute atomic E-state index is 0.330. The molecular weight excluding hydrogens is 340 g/mol. The molecule has 0 spiro atoms. The molecule has 1 atom stereocenters. The molecule has 27 heavy (non-hydrogen) atoms. The van der Waals surface area contributed by atoms with Gasteiger partial charge in [0.05, 0.1) is 29.5 Å². The molecule has 144 valence electrons. The van der Waals surface area contributed by atoms with Crippen molar-refractivity contribution in [3.8, 4) is 11.4 Å². The Morgan fingerprint density at radius 3 is 2.74 bits per heavy atom. The summed E-state index contributed by atoms with van der Waals surface area (Å²) in [6, 6.07) is 6.27. The molecule has 3 aromatic heterocycles. The molecule has 0 bridgehead atoms. The van der Waals surface area contributed by atoms with Crippen LogP contribution in [0.5, 0.6) is 0 Å². The Bertz CT molecular complexity index is 893. The molecule has 7 nitrogen and oxygen atoms in total. The van der Waals surface area contributed by atoms with E-state index in [2.05, 4.69) is 27.5 Å². The lowest BCUT2D eigenvalue weighted by Crippen LogP contribution is -2.31. The van der Waals surface area contributed by atoms with Gasteiger partial charge < -0.3 is 15.7 Å². The van der Waals surface area contributed by atoms with E-state index in [0.29, 0.717) is 11.7 Å². The molecule has 3 N–H and O–H groups in total. The fraction of sp³-hybridized carbons (Fsp3) is 0.450. The van der Waals surface area contributed by atoms with E-state index in [1.54, 1.807) is 26.2 Å². The molecule has 0 aliphatic rings. The van der Waals surface area contributed by atoms with Gasteiger partial charge in [0.25, 0.3) is 0 Å². The Hall–Kier alpha value is -2.51. The van der Waals surface area contributed by atoms with Gasteiger partial charge in [0, 0.05) is 18.8 Å². The number of nitrogens with zero attached hydrogens (tertiary/aromatic N) is 4. The molecule has 0 aliphatic heterocycles. The summed E-state index contributed by atoms with van der Waals surface area (Å²) in [5.41, 5.74) is 1.97. The number of imidazole rings is 1.